The van der Waals surface area contributed by atoms with E-state index in [2.05, 4.69) is 0 Å². The normalized spacial score (nSPS) is 12.3. The number of nitro benzene ring substituents is 1. The van der Waals surface area contributed by atoms with Crippen LogP contribution in [0.2, 0.25) is 0 Å². The monoisotopic (exact) mass is 234 g/mol. The second kappa shape index (κ2) is 4.42. The summed E-state index contributed by atoms with van der Waals surface area (Å²) in [5, 5.41) is 14.5. The number of rotatable bonds is 3. The Kier molecular flexibility index (Phi) is 2.98. The molecule has 0 saturated heterocycles. The first-order valence-corrected chi connectivity index (χ1v) is 5.65. The lowest BCUT2D eigenvalue weighted by Crippen LogP contribution is -2.10. The molecule has 0 amide bonds. The fraction of sp³-hybridized carbons (Fsp3) is 0.0909. The number of thiophene rings is 1. The molecule has 0 aliphatic rings. The fourth-order valence-corrected chi connectivity index (χ4v) is 2.17. The molecule has 4 nitrogen and oxygen atoms in total. The van der Waals surface area contributed by atoms with Crippen molar-refractivity contribution in [1.29, 1.82) is 0 Å². The maximum atomic E-state index is 10.6. The summed E-state index contributed by atoms with van der Waals surface area (Å²) in [4.78, 5) is 10.2. The molecule has 0 fully saturated rings. The van der Waals surface area contributed by atoms with Gasteiger partial charge in [-0.1, -0.05) is 12.1 Å². The summed E-state index contributed by atoms with van der Waals surface area (Å²) in [5.41, 5.74) is 7.82. The highest BCUT2D eigenvalue weighted by Crippen LogP contribution is 2.24. The molecule has 0 bridgehead atoms. The van der Waals surface area contributed by atoms with Crippen molar-refractivity contribution in [3.63, 3.8) is 0 Å². The number of non-ortho nitro benzene ring substituents is 1. The van der Waals surface area contributed by atoms with Crippen LogP contribution in [0.3, 0.4) is 0 Å². The quantitative estimate of drug-likeness (QED) is 0.655. The van der Waals surface area contributed by atoms with E-state index in [0.717, 1.165) is 11.1 Å². The molecule has 2 aromatic rings. The minimum absolute atomic E-state index is 0.0724. The van der Waals surface area contributed by atoms with E-state index >= 15 is 0 Å². The Hall–Kier alpha value is -1.72. The highest BCUT2D eigenvalue weighted by atomic mass is 32.1. The molecule has 1 aromatic carbocycles. The predicted octanol–water partition coefficient (Wildman–Crippen LogP) is 2.70. The minimum Gasteiger partial charge on any atom is -0.320 e. The van der Waals surface area contributed by atoms with Gasteiger partial charge in [-0.25, -0.2) is 0 Å². The van der Waals surface area contributed by atoms with Gasteiger partial charge in [0.05, 0.1) is 11.0 Å². The molecule has 2 N–H and O–H groups in total. The van der Waals surface area contributed by atoms with Crippen LogP contribution in [-0.2, 0) is 0 Å². The number of hydrogen-bond acceptors (Lipinski definition) is 4. The van der Waals surface area contributed by atoms with E-state index in [-0.39, 0.29) is 11.7 Å². The van der Waals surface area contributed by atoms with Crippen LogP contribution in [0.25, 0.3) is 0 Å². The summed E-state index contributed by atoms with van der Waals surface area (Å²) >= 11 is 1.56. The van der Waals surface area contributed by atoms with Gasteiger partial charge in [-0.2, -0.15) is 11.3 Å². The third-order valence-corrected chi connectivity index (χ3v) is 3.04. The van der Waals surface area contributed by atoms with E-state index in [1.165, 1.54) is 12.1 Å². The zero-order chi connectivity index (χ0) is 11.5. The zero-order valence-electron chi connectivity index (χ0n) is 8.37. The summed E-state index contributed by atoms with van der Waals surface area (Å²) in [6.45, 7) is 0. The lowest BCUT2D eigenvalue weighted by Gasteiger charge is -2.09. The van der Waals surface area contributed by atoms with Crippen LogP contribution in [0.15, 0.2) is 41.1 Å². The highest BCUT2D eigenvalue weighted by Gasteiger charge is 2.12. The van der Waals surface area contributed by atoms with Gasteiger partial charge in [-0.15, -0.1) is 0 Å². The van der Waals surface area contributed by atoms with E-state index in [4.69, 9.17) is 5.73 Å². The van der Waals surface area contributed by atoms with Gasteiger partial charge in [-0.05, 0) is 28.0 Å². The van der Waals surface area contributed by atoms with Crippen LogP contribution < -0.4 is 5.73 Å². The van der Waals surface area contributed by atoms with E-state index in [1.807, 2.05) is 16.8 Å². The van der Waals surface area contributed by atoms with Crippen molar-refractivity contribution in [2.75, 3.05) is 0 Å². The Balaban J connectivity index is 2.34. The van der Waals surface area contributed by atoms with Crippen LogP contribution in [-0.4, -0.2) is 4.92 Å². The molecule has 2 rings (SSSR count). The Bertz CT molecular complexity index is 496. The van der Waals surface area contributed by atoms with E-state index in [0.29, 0.717) is 0 Å². The maximum absolute atomic E-state index is 10.6. The van der Waals surface area contributed by atoms with Gasteiger partial charge >= 0.3 is 0 Å². The first-order chi connectivity index (χ1) is 7.68. The van der Waals surface area contributed by atoms with Gasteiger partial charge < -0.3 is 5.73 Å². The van der Waals surface area contributed by atoms with Gasteiger partial charge in [0, 0.05) is 12.1 Å². The van der Waals surface area contributed by atoms with Crippen molar-refractivity contribution in [3.8, 4) is 0 Å². The Morgan fingerprint density at radius 2 is 2.12 bits per heavy atom. The standard InChI is InChI=1S/C11H10N2O2S/c12-11(9-4-5-16-7-9)8-2-1-3-10(6-8)13(14)15/h1-7,11H,12H2/t11-/m0/s1. The summed E-state index contributed by atoms with van der Waals surface area (Å²) in [6, 6.07) is 8.06. The van der Waals surface area contributed by atoms with Crippen molar-refractivity contribution >= 4 is 17.0 Å². The van der Waals surface area contributed by atoms with Crippen LogP contribution in [0.5, 0.6) is 0 Å². The summed E-state index contributed by atoms with van der Waals surface area (Å²) < 4.78 is 0. The molecule has 16 heavy (non-hydrogen) atoms. The van der Waals surface area contributed by atoms with Crippen molar-refractivity contribution < 1.29 is 4.92 Å². The largest absolute Gasteiger partial charge is 0.320 e. The molecule has 1 aromatic heterocycles. The third kappa shape index (κ3) is 2.10. The zero-order valence-corrected chi connectivity index (χ0v) is 9.18. The number of nitrogens with two attached hydrogens (primary N) is 1. The van der Waals surface area contributed by atoms with Gasteiger partial charge in [-0.3, -0.25) is 10.1 Å². The molecule has 0 saturated carbocycles. The molecular weight excluding hydrogens is 224 g/mol. The first-order valence-electron chi connectivity index (χ1n) is 4.70. The molecule has 5 heteroatoms. The van der Waals surface area contributed by atoms with Crippen LogP contribution in [0.4, 0.5) is 5.69 Å². The molecule has 0 unspecified atom stereocenters. The molecule has 0 spiro atoms. The Morgan fingerprint density at radius 3 is 2.75 bits per heavy atom. The molecule has 82 valence electrons. The van der Waals surface area contributed by atoms with Crippen LogP contribution in [0.1, 0.15) is 17.2 Å². The number of nitrogens with zero attached hydrogens (tertiary/aromatic N) is 1. The minimum atomic E-state index is -0.413. The predicted molar refractivity (Wildman–Crippen MR) is 63.4 cm³/mol. The Morgan fingerprint density at radius 1 is 1.31 bits per heavy atom. The Labute approximate surface area is 96.5 Å². The van der Waals surface area contributed by atoms with Crippen LogP contribution in [0, 0.1) is 10.1 Å². The number of hydrogen-bond donors (Lipinski definition) is 1. The average molecular weight is 234 g/mol. The molecule has 0 radical (unpaired) electrons. The topological polar surface area (TPSA) is 69.2 Å². The summed E-state index contributed by atoms with van der Waals surface area (Å²) in [5.74, 6) is 0. The maximum Gasteiger partial charge on any atom is 0.269 e. The van der Waals surface area contributed by atoms with Gasteiger partial charge in [0.25, 0.3) is 5.69 Å². The first kappa shape index (κ1) is 10.8. The van der Waals surface area contributed by atoms with Crippen molar-refractivity contribution in [2.45, 2.75) is 6.04 Å². The average Bonchev–Trinajstić information content (AvgIpc) is 2.81. The second-order valence-corrected chi connectivity index (χ2v) is 4.17. The van der Waals surface area contributed by atoms with Gasteiger partial charge in [0.15, 0.2) is 0 Å². The molecule has 1 heterocycles. The lowest BCUT2D eigenvalue weighted by atomic mass is 10.0. The van der Waals surface area contributed by atoms with Crippen molar-refractivity contribution in [1.82, 2.24) is 0 Å². The lowest BCUT2D eigenvalue weighted by molar-refractivity contribution is -0.384. The van der Waals surface area contributed by atoms with Crippen LogP contribution >= 0.6 is 11.3 Å². The van der Waals surface area contributed by atoms with E-state index in [9.17, 15) is 10.1 Å². The summed E-state index contributed by atoms with van der Waals surface area (Å²) in [7, 11) is 0. The SMILES string of the molecule is N[C@H](c1ccsc1)c1cccc([N+](=O)[O-])c1. The highest BCUT2D eigenvalue weighted by molar-refractivity contribution is 7.08. The molecule has 0 aliphatic carbocycles. The second-order valence-electron chi connectivity index (χ2n) is 3.39. The molecule has 1 atom stereocenters. The fourth-order valence-electron chi connectivity index (χ4n) is 1.48. The number of benzene rings is 1. The van der Waals surface area contributed by atoms with E-state index < -0.39 is 4.92 Å². The van der Waals surface area contributed by atoms with Crippen molar-refractivity contribution in [2.24, 2.45) is 5.73 Å². The van der Waals surface area contributed by atoms with E-state index in [1.54, 1.807) is 23.5 Å². The summed E-state index contributed by atoms with van der Waals surface area (Å²) in [6.07, 6.45) is 0. The third-order valence-electron chi connectivity index (χ3n) is 2.34. The molecule has 0 aliphatic heterocycles. The molecular formula is C11H10N2O2S. The smallest absolute Gasteiger partial charge is 0.269 e. The number of nitro groups is 1. The van der Waals surface area contributed by atoms with Crippen molar-refractivity contribution in [3.05, 3.63) is 62.3 Å². The van der Waals surface area contributed by atoms with Gasteiger partial charge in [0.2, 0.25) is 0 Å². The van der Waals surface area contributed by atoms with Gasteiger partial charge in [0.1, 0.15) is 0 Å².